The summed E-state index contributed by atoms with van der Waals surface area (Å²) in [4.78, 5) is 13.6. The number of halogens is 1. The normalized spacial score (nSPS) is 14.4. The number of carbonyl (C=O) groups excluding carboxylic acids is 1. The van der Waals surface area contributed by atoms with Crippen LogP contribution in [0.4, 0.5) is 9.39 Å². The van der Waals surface area contributed by atoms with Crippen LogP contribution in [-0.4, -0.2) is 19.6 Å². The van der Waals surface area contributed by atoms with Gasteiger partial charge in [0.15, 0.2) is 11.6 Å². The minimum Gasteiger partial charge on any atom is -0.494 e. The summed E-state index contributed by atoms with van der Waals surface area (Å²) in [6.45, 7) is 2.37. The van der Waals surface area contributed by atoms with Crippen molar-refractivity contribution in [2.24, 2.45) is 0 Å². The van der Waals surface area contributed by atoms with Gasteiger partial charge in [-0.15, -0.1) is 11.3 Å². The molecule has 7 heteroatoms. The van der Waals surface area contributed by atoms with Crippen molar-refractivity contribution in [3.8, 4) is 11.8 Å². The minimum atomic E-state index is -0.405. The fourth-order valence-corrected chi connectivity index (χ4v) is 4.87. The van der Waals surface area contributed by atoms with Crippen LogP contribution >= 0.6 is 11.3 Å². The second-order valence-electron chi connectivity index (χ2n) is 7.25. The second kappa shape index (κ2) is 9.86. The largest absolute Gasteiger partial charge is 0.494 e. The zero-order chi connectivity index (χ0) is 20.8. The summed E-state index contributed by atoms with van der Waals surface area (Å²) >= 11 is 1.54. The molecule has 3 rings (SSSR count). The molecule has 5 nitrogen and oxygen atoms in total. The van der Waals surface area contributed by atoms with Crippen LogP contribution in [0.5, 0.6) is 5.75 Å². The summed E-state index contributed by atoms with van der Waals surface area (Å²) in [6, 6.07) is 7.02. The van der Waals surface area contributed by atoms with E-state index in [1.807, 2.05) is 6.92 Å². The lowest BCUT2D eigenvalue weighted by Gasteiger charge is -2.15. The SMILES string of the molecule is COc1ccc(C(C)NCCC(=O)Nc2sc3c(c2C#N)CCCCC3)cc1F. The molecule has 2 N–H and O–H groups in total. The molecule has 0 spiro atoms. The van der Waals surface area contributed by atoms with Gasteiger partial charge in [0.2, 0.25) is 5.91 Å². The third-order valence-electron chi connectivity index (χ3n) is 5.26. The molecule has 1 unspecified atom stereocenters. The van der Waals surface area contributed by atoms with E-state index in [0.717, 1.165) is 36.8 Å². The lowest BCUT2D eigenvalue weighted by molar-refractivity contribution is -0.116. The van der Waals surface area contributed by atoms with E-state index in [0.29, 0.717) is 17.1 Å². The Labute approximate surface area is 174 Å². The number of rotatable bonds is 7. The molecule has 1 aromatic heterocycles. The van der Waals surface area contributed by atoms with Crippen LogP contribution in [0.2, 0.25) is 0 Å². The van der Waals surface area contributed by atoms with Gasteiger partial charge in [-0.3, -0.25) is 4.79 Å². The van der Waals surface area contributed by atoms with Crippen molar-refractivity contribution >= 4 is 22.2 Å². The predicted octanol–water partition coefficient (Wildman–Crippen LogP) is 4.72. The van der Waals surface area contributed by atoms with Crippen LogP contribution < -0.4 is 15.4 Å². The summed E-state index contributed by atoms with van der Waals surface area (Å²) in [5.74, 6) is -0.320. The number of ether oxygens (including phenoxy) is 1. The highest BCUT2D eigenvalue weighted by Crippen LogP contribution is 2.37. The van der Waals surface area contributed by atoms with Crippen LogP contribution in [0.3, 0.4) is 0 Å². The number of aryl methyl sites for hydroxylation is 1. The molecule has 29 heavy (non-hydrogen) atoms. The number of benzene rings is 1. The smallest absolute Gasteiger partial charge is 0.226 e. The molecule has 0 bridgehead atoms. The lowest BCUT2D eigenvalue weighted by atomic mass is 10.1. The second-order valence-corrected chi connectivity index (χ2v) is 8.35. The van der Waals surface area contributed by atoms with Crippen LogP contribution in [0, 0.1) is 17.1 Å². The van der Waals surface area contributed by atoms with E-state index in [1.165, 1.54) is 24.5 Å². The number of nitrogens with one attached hydrogen (secondary N) is 2. The van der Waals surface area contributed by atoms with Crippen LogP contribution in [-0.2, 0) is 17.6 Å². The number of carbonyl (C=O) groups is 1. The zero-order valence-corrected chi connectivity index (χ0v) is 17.6. The van der Waals surface area contributed by atoms with Gasteiger partial charge in [-0.1, -0.05) is 12.5 Å². The van der Waals surface area contributed by atoms with E-state index in [1.54, 1.807) is 23.5 Å². The molecule has 1 aromatic carbocycles. The van der Waals surface area contributed by atoms with Crippen molar-refractivity contribution in [3.05, 3.63) is 45.6 Å². The Morgan fingerprint density at radius 3 is 2.86 bits per heavy atom. The topological polar surface area (TPSA) is 74.2 Å². The molecule has 0 saturated heterocycles. The summed E-state index contributed by atoms with van der Waals surface area (Å²) in [5.41, 5.74) is 2.55. The maximum absolute atomic E-state index is 13.9. The highest BCUT2D eigenvalue weighted by Gasteiger charge is 2.21. The van der Waals surface area contributed by atoms with Gasteiger partial charge in [0, 0.05) is 23.9 Å². The Kier molecular flexibility index (Phi) is 7.24. The molecule has 1 amide bonds. The first-order valence-corrected chi connectivity index (χ1v) is 10.8. The lowest BCUT2D eigenvalue weighted by Crippen LogP contribution is -2.24. The van der Waals surface area contributed by atoms with Gasteiger partial charge < -0.3 is 15.4 Å². The third-order valence-corrected chi connectivity index (χ3v) is 6.47. The molecule has 0 fully saturated rings. The van der Waals surface area contributed by atoms with E-state index in [9.17, 15) is 14.4 Å². The van der Waals surface area contributed by atoms with Crippen molar-refractivity contribution in [1.29, 1.82) is 5.26 Å². The number of hydrogen-bond acceptors (Lipinski definition) is 5. The number of anilines is 1. The highest BCUT2D eigenvalue weighted by atomic mass is 32.1. The molecule has 0 saturated carbocycles. The monoisotopic (exact) mass is 415 g/mol. The molecule has 0 aliphatic heterocycles. The van der Waals surface area contributed by atoms with Crippen molar-refractivity contribution < 1.29 is 13.9 Å². The molecule has 0 radical (unpaired) electrons. The average molecular weight is 416 g/mol. The van der Waals surface area contributed by atoms with Gasteiger partial charge in [-0.2, -0.15) is 5.26 Å². The first kappa shape index (κ1) is 21.3. The van der Waals surface area contributed by atoms with Gasteiger partial charge in [-0.05, 0) is 55.9 Å². The molecule has 154 valence electrons. The zero-order valence-electron chi connectivity index (χ0n) is 16.8. The van der Waals surface area contributed by atoms with Crippen molar-refractivity contribution in [2.45, 2.75) is 51.5 Å². The van der Waals surface area contributed by atoms with E-state index >= 15 is 0 Å². The minimum absolute atomic E-state index is 0.101. The van der Waals surface area contributed by atoms with E-state index in [-0.39, 0.29) is 24.1 Å². The highest BCUT2D eigenvalue weighted by molar-refractivity contribution is 7.16. The number of nitriles is 1. The third kappa shape index (κ3) is 5.14. The summed E-state index contributed by atoms with van der Waals surface area (Å²) in [7, 11) is 1.43. The predicted molar refractivity (Wildman–Crippen MR) is 113 cm³/mol. The summed E-state index contributed by atoms with van der Waals surface area (Å²) < 4.78 is 18.8. The summed E-state index contributed by atoms with van der Waals surface area (Å²) in [5, 5.41) is 16.4. The first-order chi connectivity index (χ1) is 14.0. The molecule has 2 aromatic rings. The van der Waals surface area contributed by atoms with E-state index < -0.39 is 5.82 Å². The Morgan fingerprint density at radius 2 is 2.14 bits per heavy atom. The molecular weight excluding hydrogens is 389 g/mol. The van der Waals surface area contributed by atoms with Crippen molar-refractivity contribution in [3.63, 3.8) is 0 Å². The average Bonchev–Trinajstić information content (AvgIpc) is 2.86. The quantitative estimate of drug-likeness (QED) is 0.642. The Hall–Kier alpha value is -2.43. The standard InChI is InChI=1S/C22H26FN3O2S/c1-14(15-8-9-19(28-2)18(23)12-15)25-11-10-21(27)26-22-17(13-24)16-6-4-3-5-7-20(16)29-22/h8-9,12,14,25H,3-7,10-11H2,1-2H3,(H,26,27). The van der Waals surface area contributed by atoms with Gasteiger partial charge >= 0.3 is 0 Å². The molecule has 1 aliphatic carbocycles. The number of fused-ring (bicyclic) bond motifs is 1. The van der Waals surface area contributed by atoms with Crippen molar-refractivity contribution in [2.75, 3.05) is 19.0 Å². The molecular formula is C22H26FN3O2S. The maximum atomic E-state index is 13.9. The maximum Gasteiger partial charge on any atom is 0.226 e. The van der Waals surface area contributed by atoms with Crippen LogP contribution in [0.1, 0.15) is 60.2 Å². The molecule has 1 aliphatic rings. The number of hydrogen-bond donors (Lipinski definition) is 2. The number of thiophene rings is 1. The van der Waals surface area contributed by atoms with Gasteiger partial charge in [0.05, 0.1) is 12.7 Å². The van der Waals surface area contributed by atoms with E-state index in [4.69, 9.17) is 4.74 Å². The van der Waals surface area contributed by atoms with Gasteiger partial charge in [-0.25, -0.2) is 4.39 Å². The first-order valence-electron chi connectivity index (χ1n) is 9.94. The number of nitrogens with zero attached hydrogens (tertiary/aromatic N) is 1. The van der Waals surface area contributed by atoms with E-state index in [2.05, 4.69) is 16.7 Å². The number of amides is 1. The Morgan fingerprint density at radius 1 is 1.34 bits per heavy atom. The van der Waals surface area contributed by atoms with Gasteiger partial charge in [0.25, 0.3) is 0 Å². The number of methoxy groups -OCH3 is 1. The van der Waals surface area contributed by atoms with Crippen LogP contribution in [0.25, 0.3) is 0 Å². The Bertz CT molecular complexity index is 920. The van der Waals surface area contributed by atoms with Crippen molar-refractivity contribution in [1.82, 2.24) is 5.32 Å². The van der Waals surface area contributed by atoms with Crippen LogP contribution in [0.15, 0.2) is 18.2 Å². The molecule has 1 atom stereocenters. The fraction of sp³-hybridized carbons (Fsp3) is 0.455. The van der Waals surface area contributed by atoms with Gasteiger partial charge in [0.1, 0.15) is 11.1 Å². The Balaban J connectivity index is 1.54. The molecule has 1 heterocycles. The summed E-state index contributed by atoms with van der Waals surface area (Å²) in [6.07, 6.45) is 5.61. The fourth-order valence-electron chi connectivity index (χ4n) is 3.61.